The molecule has 2 aliphatic rings. The molecule has 0 spiro atoms. The van der Waals surface area contributed by atoms with Gasteiger partial charge in [-0.2, -0.15) is 0 Å². The number of carbonyl (C=O) groups is 1. The number of hydrogen-bond donors (Lipinski definition) is 1. The second-order valence-corrected chi connectivity index (χ2v) is 6.19. The summed E-state index contributed by atoms with van der Waals surface area (Å²) in [5.41, 5.74) is 3.04. The summed E-state index contributed by atoms with van der Waals surface area (Å²) in [6.07, 6.45) is 1.74. The average Bonchev–Trinajstić information content (AvgIpc) is 3.22. The normalized spacial score (nSPS) is 15.5. The number of fused-ring (bicyclic) bond motifs is 2. The van der Waals surface area contributed by atoms with Crippen LogP contribution in [0.1, 0.15) is 28.4 Å². The maximum Gasteiger partial charge on any atom is 0.251 e. The average molecular weight is 325 g/mol. The summed E-state index contributed by atoms with van der Waals surface area (Å²) >= 11 is 0. The first kappa shape index (κ1) is 14.9. The quantitative estimate of drug-likeness (QED) is 0.939. The van der Waals surface area contributed by atoms with E-state index in [1.807, 2.05) is 13.0 Å². The lowest BCUT2D eigenvalue weighted by Crippen LogP contribution is -2.34. The molecule has 1 atom stereocenters. The lowest BCUT2D eigenvalue weighted by Gasteiger charge is -2.15. The van der Waals surface area contributed by atoms with Crippen LogP contribution < -0.4 is 19.5 Å². The van der Waals surface area contributed by atoms with Crippen molar-refractivity contribution in [2.75, 3.05) is 13.4 Å². The fraction of sp³-hybridized carbons (Fsp3) is 0.316. The highest BCUT2D eigenvalue weighted by Gasteiger charge is 2.18. The molecule has 2 aliphatic heterocycles. The van der Waals surface area contributed by atoms with Crippen molar-refractivity contribution in [3.63, 3.8) is 0 Å². The first-order valence-electron chi connectivity index (χ1n) is 8.14. The third kappa shape index (κ3) is 2.89. The summed E-state index contributed by atoms with van der Waals surface area (Å²) in [5, 5.41) is 3.04. The Hall–Kier alpha value is -2.69. The van der Waals surface area contributed by atoms with Gasteiger partial charge in [-0.15, -0.1) is 0 Å². The van der Waals surface area contributed by atoms with Crippen molar-refractivity contribution in [3.05, 3.63) is 53.1 Å². The van der Waals surface area contributed by atoms with Gasteiger partial charge in [0.2, 0.25) is 6.79 Å². The Morgan fingerprint density at radius 1 is 1.08 bits per heavy atom. The molecule has 0 radical (unpaired) electrons. The van der Waals surface area contributed by atoms with Gasteiger partial charge in [0.25, 0.3) is 5.91 Å². The SMILES string of the molecule is CC(Cc1ccc2c(c1)CCO2)NC(=O)c1ccc2c(c1)OCO2. The third-order valence-corrected chi connectivity index (χ3v) is 4.31. The van der Waals surface area contributed by atoms with Crippen LogP contribution in [0, 0.1) is 0 Å². The van der Waals surface area contributed by atoms with Crippen LogP contribution in [0.5, 0.6) is 17.2 Å². The molecule has 0 fully saturated rings. The zero-order chi connectivity index (χ0) is 16.5. The number of carbonyl (C=O) groups excluding carboxylic acids is 1. The number of hydrogen-bond acceptors (Lipinski definition) is 4. The molecule has 5 heteroatoms. The smallest absolute Gasteiger partial charge is 0.251 e. The van der Waals surface area contributed by atoms with E-state index < -0.39 is 0 Å². The molecule has 0 saturated carbocycles. The molecule has 0 aliphatic carbocycles. The van der Waals surface area contributed by atoms with Crippen molar-refractivity contribution in [1.82, 2.24) is 5.32 Å². The van der Waals surface area contributed by atoms with Crippen LogP contribution >= 0.6 is 0 Å². The van der Waals surface area contributed by atoms with E-state index in [-0.39, 0.29) is 18.7 Å². The van der Waals surface area contributed by atoms with Gasteiger partial charge in [-0.05, 0) is 48.7 Å². The molecule has 0 bridgehead atoms. The van der Waals surface area contributed by atoms with E-state index in [1.165, 1.54) is 11.1 Å². The van der Waals surface area contributed by atoms with E-state index in [0.717, 1.165) is 25.2 Å². The van der Waals surface area contributed by atoms with Crippen LogP contribution in [0.2, 0.25) is 0 Å². The summed E-state index contributed by atoms with van der Waals surface area (Å²) in [7, 11) is 0. The zero-order valence-corrected chi connectivity index (χ0v) is 13.5. The van der Waals surface area contributed by atoms with E-state index in [2.05, 4.69) is 17.4 Å². The monoisotopic (exact) mass is 325 g/mol. The van der Waals surface area contributed by atoms with Crippen LogP contribution in [-0.4, -0.2) is 25.3 Å². The molecule has 0 saturated heterocycles. The second kappa shape index (κ2) is 6.07. The number of benzene rings is 2. The Bertz CT molecular complexity index is 787. The Balaban J connectivity index is 1.40. The molecular weight excluding hydrogens is 306 g/mol. The topological polar surface area (TPSA) is 56.8 Å². The van der Waals surface area contributed by atoms with Crippen LogP contribution in [0.3, 0.4) is 0 Å². The fourth-order valence-corrected chi connectivity index (χ4v) is 3.12. The zero-order valence-electron chi connectivity index (χ0n) is 13.5. The summed E-state index contributed by atoms with van der Waals surface area (Å²) in [4.78, 5) is 12.4. The van der Waals surface area contributed by atoms with Gasteiger partial charge >= 0.3 is 0 Å². The highest BCUT2D eigenvalue weighted by molar-refractivity contribution is 5.95. The van der Waals surface area contributed by atoms with Crippen molar-refractivity contribution in [2.24, 2.45) is 0 Å². The first-order valence-corrected chi connectivity index (χ1v) is 8.14. The predicted octanol–water partition coefficient (Wildman–Crippen LogP) is 2.71. The molecule has 2 heterocycles. The Morgan fingerprint density at radius 2 is 1.92 bits per heavy atom. The molecular formula is C19H19NO4. The van der Waals surface area contributed by atoms with Gasteiger partial charge in [-0.1, -0.05) is 12.1 Å². The molecule has 124 valence electrons. The summed E-state index contributed by atoms with van der Waals surface area (Å²) in [5.74, 6) is 2.18. The summed E-state index contributed by atoms with van der Waals surface area (Å²) in [6.45, 7) is 2.97. The Kier molecular flexibility index (Phi) is 3.76. The standard InChI is InChI=1S/C19H19NO4/c1-12(8-13-2-4-16-14(9-13)6-7-22-16)20-19(21)15-3-5-17-18(10-15)24-11-23-17/h2-5,9-10,12H,6-8,11H2,1H3,(H,20,21). The highest BCUT2D eigenvalue weighted by Crippen LogP contribution is 2.32. The van der Waals surface area contributed by atoms with Gasteiger partial charge in [0.15, 0.2) is 11.5 Å². The lowest BCUT2D eigenvalue weighted by atomic mass is 10.0. The van der Waals surface area contributed by atoms with Gasteiger partial charge in [0.05, 0.1) is 6.61 Å². The van der Waals surface area contributed by atoms with Gasteiger partial charge in [0.1, 0.15) is 5.75 Å². The predicted molar refractivity (Wildman–Crippen MR) is 88.8 cm³/mol. The molecule has 5 nitrogen and oxygen atoms in total. The lowest BCUT2D eigenvalue weighted by molar-refractivity contribution is 0.0939. The minimum absolute atomic E-state index is 0.0308. The number of amides is 1. The van der Waals surface area contributed by atoms with Crippen LogP contribution in [0.4, 0.5) is 0 Å². The molecule has 1 unspecified atom stereocenters. The Morgan fingerprint density at radius 3 is 2.83 bits per heavy atom. The summed E-state index contributed by atoms with van der Waals surface area (Å²) < 4.78 is 16.1. The summed E-state index contributed by atoms with van der Waals surface area (Å²) in [6, 6.07) is 11.5. The third-order valence-electron chi connectivity index (χ3n) is 4.31. The van der Waals surface area contributed by atoms with E-state index in [1.54, 1.807) is 18.2 Å². The fourth-order valence-electron chi connectivity index (χ4n) is 3.12. The van der Waals surface area contributed by atoms with Crippen molar-refractivity contribution < 1.29 is 19.0 Å². The molecule has 24 heavy (non-hydrogen) atoms. The maximum atomic E-state index is 12.4. The van der Waals surface area contributed by atoms with Gasteiger partial charge in [-0.25, -0.2) is 0 Å². The molecule has 0 aromatic heterocycles. The van der Waals surface area contributed by atoms with Gasteiger partial charge in [0, 0.05) is 18.0 Å². The first-order chi connectivity index (χ1) is 11.7. The molecule has 1 N–H and O–H groups in total. The van der Waals surface area contributed by atoms with Crippen molar-refractivity contribution in [2.45, 2.75) is 25.8 Å². The molecule has 4 rings (SSSR count). The second-order valence-electron chi connectivity index (χ2n) is 6.19. The van der Waals surface area contributed by atoms with Crippen LogP contribution in [0.15, 0.2) is 36.4 Å². The number of nitrogens with one attached hydrogen (secondary N) is 1. The van der Waals surface area contributed by atoms with E-state index >= 15 is 0 Å². The van der Waals surface area contributed by atoms with Gasteiger partial charge in [-0.3, -0.25) is 4.79 Å². The minimum atomic E-state index is -0.106. The van der Waals surface area contributed by atoms with Crippen molar-refractivity contribution in [1.29, 1.82) is 0 Å². The van der Waals surface area contributed by atoms with Crippen LogP contribution in [0.25, 0.3) is 0 Å². The minimum Gasteiger partial charge on any atom is -0.493 e. The van der Waals surface area contributed by atoms with Gasteiger partial charge < -0.3 is 19.5 Å². The maximum absolute atomic E-state index is 12.4. The highest BCUT2D eigenvalue weighted by atomic mass is 16.7. The molecule has 2 aromatic carbocycles. The van der Waals surface area contributed by atoms with Crippen molar-refractivity contribution in [3.8, 4) is 17.2 Å². The van der Waals surface area contributed by atoms with E-state index in [9.17, 15) is 4.79 Å². The van der Waals surface area contributed by atoms with E-state index in [0.29, 0.717) is 17.1 Å². The van der Waals surface area contributed by atoms with Crippen LogP contribution in [-0.2, 0) is 12.8 Å². The molecule has 2 aromatic rings. The van der Waals surface area contributed by atoms with Crippen molar-refractivity contribution >= 4 is 5.91 Å². The van der Waals surface area contributed by atoms with E-state index in [4.69, 9.17) is 14.2 Å². The Labute approximate surface area is 140 Å². The number of rotatable bonds is 4. The largest absolute Gasteiger partial charge is 0.493 e. The molecule has 1 amide bonds. The number of ether oxygens (including phenoxy) is 3.